The van der Waals surface area contributed by atoms with E-state index in [1.807, 2.05) is 13.8 Å². The molecule has 1 heterocycles. The molecule has 140 valence electrons. The molecule has 1 aromatic heterocycles. The highest BCUT2D eigenvalue weighted by atomic mass is 32.2. The van der Waals surface area contributed by atoms with Crippen LogP contribution in [-0.4, -0.2) is 39.9 Å². The SMILES string of the molecule is CCOc1ccc(S(=O)(=O)NCC(=O)OCC(=O)c2ccc(C)s2)cc1. The molecule has 9 heteroatoms. The lowest BCUT2D eigenvalue weighted by molar-refractivity contribution is -0.141. The molecular weight excluding hydrogens is 378 g/mol. The lowest BCUT2D eigenvalue weighted by Crippen LogP contribution is -2.31. The highest BCUT2D eigenvalue weighted by Crippen LogP contribution is 2.16. The molecular formula is C17H19NO6S2. The van der Waals surface area contributed by atoms with E-state index in [-0.39, 0.29) is 10.7 Å². The number of Topliss-reactive ketones (excluding diaryl/α,β-unsaturated/α-hetero) is 1. The topological polar surface area (TPSA) is 98.8 Å². The van der Waals surface area contributed by atoms with E-state index in [2.05, 4.69) is 4.72 Å². The molecule has 0 saturated carbocycles. The Morgan fingerprint density at radius 1 is 1.12 bits per heavy atom. The van der Waals surface area contributed by atoms with Crippen molar-refractivity contribution in [3.05, 3.63) is 46.2 Å². The number of ether oxygens (including phenoxy) is 2. The van der Waals surface area contributed by atoms with Gasteiger partial charge in [0, 0.05) is 4.88 Å². The van der Waals surface area contributed by atoms with E-state index in [0.29, 0.717) is 17.2 Å². The quantitative estimate of drug-likeness (QED) is 0.514. The van der Waals surface area contributed by atoms with Crippen LogP contribution in [0.5, 0.6) is 5.75 Å². The highest BCUT2D eigenvalue weighted by molar-refractivity contribution is 7.89. The van der Waals surface area contributed by atoms with Crippen LogP contribution in [0.3, 0.4) is 0 Å². The maximum absolute atomic E-state index is 12.1. The van der Waals surface area contributed by atoms with Gasteiger partial charge < -0.3 is 9.47 Å². The summed E-state index contributed by atoms with van der Waals surface area (Å²) in [5, 5.41) is 0. The number of hydrogen-bond donors (Lipinski definition) is 1. The van der Waals surface area contributed by atoms with Crippen LogP contribution >= 0.6 is 11.3 Å². The molecule has 0 radical (unpaired) electrons. The van der Waals surface area contributed by atoms with Crippen molar-refractivity contribution < 1.29 is 27.5 Å². The second kappa shape index (κ2) is 8.93. The minimum Gasteiger partial charge on any atom is -0.494 e. The molecule has 7 nitrogen and oxygen atoms in total. The summed E-state index contributed by atoms with van der Waals surface area (Å²) >= 11 is 1.30. The molecule has 0 fully saturated rings. The van der Waals surface area contributed by atoms with E-state index >= 15 is 0 Å². The Hall–Kier alpha value is -2.23. The molecule has 2 aromatic rings. The number of esters is 1. The minimum absolute atomic E-state index is 0.00103. The number of thiophene rings is 1. The van der Waals surface area contributed by atoms with Gasteiger partial charge in [-0.15, -0.1) is 11.3 Å². The first-order valence-corrected chi connectivity index (χ1v) is 10.1. The van der Waals surface area contributed by atoms with E-state index in [0.717, 1.165) is 4.88 Å². The fourth-order valence-corrected chi connectivity index (χ4v) is 3.73. The molecule has 0 atom stereocenters. The summed E-state index contributed by atoms with van der Waals surface area (Å²) in [5.41, 5.74) is 0. The van der Waals surface area contributed by atoms with Crippen LogP contribution in [0.2, 0.25) is 0 Å². The van der Waals surface area contributed by atoms with Gasteiger partial charge in [-0.3, -0.25) is 9.59 Å². The van der Waals surface area contributed by atoms with E-state index < -0.39 is 29.1 Å². The van der Waals surface area contributed by atoms with Gasteiger partial charge in [-0.2, -0.15) is 4.72 Å². The van der Waals surface area contributed by atoms with Gasteiger partial charge in [0.2, 0.25) is 15.8 Å². The molecule has 0 aliphatic heterocycles. The summed E-state index contributed by atoms with van der Waals surface area (Å²) < 4.78 is 36.5. The van der Waals surface area contributed by atoms with Gasteiger partial charge in [-0.05, 0) is 50.2 Å². The van der Waals surface area contributed by atoms with Crippen LogP contribution in [0, 0.1) is 6.92 Å². The number of hydrogen-bond acceptors (Lipinski definition) is 7. The van der Waals surface area contributed by atoms with Crippen LogP contribution in [0.1, 0.15) is 21.5 Å². The van der Waals surface area contributed by atoms with Crippen molar-refractivity contribution in [3.8, 4) is 5.75 Å². The third kappa shape index (κ3) is 5.65. The van der Waals surface area contributed by atoms with Crippen molar-refractivity contribution in [2.45, 2.75) is 18.7 Å². The van der Waals surface area contributed by atoms with Gasteiger partial charge in [0.15, 0.2) is 6.61 Å². The monoisotopic (exact) mass is 397 g/mol. The summed E-state index contributed by atoms with van der Waals surface area (Å²) in [6.45, 7) is 3.17. The zero-order valence-corrected chi connectivity index (χ0v) is 16.0. The zero-order valence-electron chi connectivity index (χ0n) is 14.4. The summed E-state index contributed by atoms with van der Waals surface area (Å²) in [4.78, 5) is 25.0. The number of ketones is 1. The minimum atomic E-state index is -3.86. The van der Waals surface area contributed by atoms with Crippen molar-refractivity contribution in [3.63, 3.8) is 0 Å². The Kier molecular flexibility index (Phi) is 6.90. The summed E-state index contributed by atoms with van der Waals surface area (Å²) in [5.74, 6) is -0.611. The van der Waals surface area contributed by atoms with Crippen LogP contribution in [0.15, 0.2) is 41.3 Å². The van der Waals surface area contributed by atoms with Gasteiger partial charge in [-0.1, -0.05) is 0 Å². The van der Waals surface area contributed by atoms with Crippen molar-refractivity contribution in [2.75, 3.05) is 19.8 Å². The van der Waals surface area contributed by atoms with Gasteiger partial charge in [0.25, 0.3) is 0 Å². The number of carbonyl (C=O) groups is 2. The number of rotatable bonds is 9. The number of nitrogens with one attached hydrogen (secondary N) is 1. The predicted molar refractivity (Wildman–Crippen MR) is 97.1 cm³/mol. The summed E-state index contributed by atoms with van der Waals surface area (Å²) in [6, 6.07) is 9.26. The Bertz CT molecular complexity index is 871. The molecule has 0 aliphatic rings. The fourth-order valence-electron chi connectivity index (χ4n) is 1.97. The molecule has 1 aromatic carbocycles. The average Bonchev–Trinajstić information content (AvgIpc) is 3.05. The first-order chi connectivity index (χ1) is 12.3. The molecule has 0 unspecified atom stereocenters. The lowest BCUT2D eigenvalue weighted by Gasteiger charge is -2.08. The molecule has 0 spiro atoms. The zero-order chi connectivity index (χ0) is 19.2. The smallest absolute Gasteiger partial charge is 0.321 e. The van der Waals surface area contributed by atoms with Crippen molar-refractivity contribution >= 4 is 33.1 Å². The Morgan fingerprint density at radius 3 is 2.38 bits per heavy atom. The number of carbonyl (C=O) groups excluding carboxylic acids is 2. The van der Waals surface area contributed by atoms with E-state index in [1.54, 1.807) is 12.1 Å². The molecule has 0 saturated heterocycles. The Labute approximate surface area is 156 Å². The van der Waals surface area contributed by atoms with Gasteiger partial charge in [0.1, 0.15) is 12.3 Å². The first-order valence-electron chi connectivity index (χ1n) is 7.79. The van der Waals surface area contributed by atoms with Crippen molar-refractivity contribution in [2.24, 2.45) is 0 Å². The van der Waals surface area contributed by atoms with E-state index in [9.17, 15) is 18.0 Å². The van der Waals surface area contributed by atoms with Gasteiger partial charge in [-0.25, -0.2) is 8.42 Å². The van der Waals surface area contributed by atoms with Crippen molar-refractivity contribution in [1.29, 1.82) is 0 Å². The third-order valence-electron chi connectivity index (χ3n) is 3.23. The normalized spacial score (nSPS) is 11.2. The van der Waals surface area contributed by atoms with Gasteiger partial charge >= 0.3 is 5.97 Å². The number of sulfonamides is 1. The summed E-state index contributed by atoms with van der Waals surface area (Å²) in [6.07, 6.45) is 0. The second-order valence-electron chi connectivity index (χ2n) is 5.22. The maximum atomic E-state index is 12.1. The molecule has 0 amide bonds. The predicted octanol–water partition coefficient (Wildman–Crippen LogP) is 2.16. The van der Waals surface area contributed by atoms with Gasteiger partial charge in [0.05, 0.1) is 16.4 Å². The molecule has 26 heavy (non-hydrogen) atoms. The largest absolute Gasteiger partial charge is 0.494 e. The summed E-state index contributed by atoms with van der Waals surface area (Å²) in [7, 11) is -3.86. The van der Waals surface area contributed by atoms with Crippen LogP contribution in [-0.2, 0) is 19.6 Å². The van der Waals surface area contributed by atoms with E-state index in [4.69, 9.17) is 9.47 Å². The lowest BCUT2D eigenvalue weighted by atomic mass is 10.3. The highest BCUT2D eigenvalue weighted by Gasteiger charge is 2.17. The average molecular weight is 397 g/mol. The second-order valence-corrected chi connectivity index (χ2v) is 8.28. The van der Waals surface area contributed by atoms with Crippen LogP contribution in [0.4, 0.5) is 0 Å². The molecule has 0 bridgehead atoms. The standard InChI is InChI=1S/C17H19NO6S2/c1-3-23-13-5-7-14(8-6-13)26(21,22)18-10-17(20)24-11-15(19)16-9-4-12(2)25-16/h4-9,18H,3,10-11H2,1-2H3. The van der Waals surface area contributed by atoms with Crippen LogP contribution < -0.4 is 9.46 Å². The number of benzene rings is 1. The molecule has 1 N–H and O–H groups in total. The van der Waals surface area contributed by atoms with E-state index in [1.165, 1.54) is 35.6 Å². The molecule has 2 rings (SSSR count). The third-order valence-corrected chi connectivity index (χ3v) is 5.69. The fraction of sp³-hybridized carbons (Fsp3) is 0.294. The first kappa shape index (κ1) is 20.1. The number of aryl methyl sites for hydroxylation is 1. The molecule has 0 aliphatic carbocycles. The Balaban J connectivity index is 1.84. The van der Waals surface area contributed by atoms with Crippen LogP contribution in [0.25, 0.3) is 0 Å². The Morgan fingerprint density at radius 2 is 1.81 bits per heavy atom. The van der Waals surface area contributed by atoms with Crippen molar-refractivity contribution in [1.82, 2.24) is 4.72 Å². The maximum Gasteiger partial charge on any atom is 0.321 e.